The van der Waals surface area contributed by atoms with Crippen LogP contribution in [0.25, 0.3) is 0 Å². The highest BCUT2D eigenvalue weighted by Crippen LogP contribution is 2.14. The van der Waals surface area contributed by atoms with Crippen molar-refractivity contribution < 1.29 is 0 Å². The summed E-state index contributed by atoms with van der Waals surface area (Å²) in [4.78, 5) is 0. The smallest absolute Gasteiger partial charge is 0.0367 e. The van der Waals surface area contributed by atoms with Crippen LogP contribution >= 0.6 is 0 Å². The molecule has 2 nitrogen and oxygen atoms in total. The van der Waals surface area contributed by atoms with Gasteiger partial charge in [-0.2, -0.15) is 0 Å². The first-order valence-corrected chi connectivity index (χ1v) is 6.56. The van der Waals surface area contributed by atoms with Crippen LogP contribution < -0.4 is 10.6 Å². The molecule has 0 saturated carbocycles. The fraction of sp³-hybridized carbons (Fsp3) is 0.294. The van der Waals surface area contributed by atoms with Crippen molar-refractivity contribution in [2.24, 2.45) is 0 Å². The Kier molecular flexibility index (Phi) is 5.94. The van der Waals surface area contributed by atoms with Crippen LogP contribution in [0.5, 0.6) is 0 Å². The van der Waals surface area contributed by atoms with Gasteiger partial charge in [0.15, 0.2) is 0 Å². The molecule has 2 aromatic carbocycles. The van der Waals surface area contributed by atoms with E-state index < -0.39 is 0 Å². The van der Waals surface area contributed by atoms with E-state index in [1.54, 1.807) is 0 Å². The van der Waals surface area contributed by atoms with Crippen molar-refractivity contribution in [1.29, 1.82) is 0 Å². The third kappa shape index (κ3) is 5.04. The van der Waals surface area contributed by atoms with E-state index >= 15 is 0 Å². The molecule has 19 heavy (non-hydrogen) atoms. The lowest BCUT2D eigenvalue weighted by Crippen LogP contribution is -1.90. The number of aryl methyl sites for hydroxylation is 3. The van der Waals surface area contributed by atoms with Gasteiger partial charge < -0.3 is 10.6 Å². The van der Waals surface area contributed by atoms with Crippen molar-refractivity contribution in [2.75, 3.05) is 24.7 Å². The number of nitrogens with one attached hydrogen (secondary N) is 2. The molecule has 0 bridgehead atoms. The van der Waals surface area contributed by atoms with Gasteiger partial charge in [0.1, 0.15) is 0 Å². The Morgan fingerprint density at radius 1 is 0.684 bits per heavy atom. The molecule has 102 valence electrons. The molecular weight excluding hydrogens is 232 g/mol. The predicted molar refractivity (Wildman–Crippen MR) is 86.2 cm³/mol. The minimum absolute atomic E-state index is 1.17. The van der Waals surface area contributed by atoms with Gasteiger partial charge in [-0.05, 0) is 44.5 Å². The standard InChI is InChI=1S/C9H13N.C8H11N/c1-7-4-5-9(10-3)8(2)6-7;1-7-3-5-8(9-2)6-4-7/h4-6,10H,1-3H3;3-6,9H,1-2H3. The first kappa shape index (κ1) is 15.1. The van der Waals surface area contributed by atoms with Gasteiger partial charge in [-0.1, -0.05) is 35.4 Å². The second-order valence-corrected chi connectivity index (χ2v) is 4.68. The van der Waals surface area contributed by atoms with Crippen LogP contribution in [0.4, 0.5) is 11.4 Å². The maximum atomic E-state index is 3.12. The number of rotatable bonds is 2. The molecule has 0 saturated heterocycles. The zero-order valence-electron chi connectivity index (χ0n) is 12.5. The fourth-order valence-electron chi connectivity index (χ4n) is 1.81. The quantitative estimate of drug-likeness (QED) is 0.833. The highest BCUT2D eigenvalue weighted by molar-refractivity contribution is 5.51. The summed E-state index contributed by atoms with van der Waals surface area (Å²) in [7, 11) is 3.86. The van der Waals surface area contributed by atoms with Crippen LogP contribution in [0, 0.1) is 20.8 Å². The lowest BCUT2D eigenvalue weighted by molar-refractivity contribution is 1.35. The number of benzene rings is 2. The number of anilines is 2. The summed E-state index contributed by atoms with van der Waals surface area (Å²) in [6.07, 6.45) is 0. The van der Waals surface area contributed by atoms with E-state index in [1.165, 1.54) is 28.1 Å². The lowest BCUT2D eigenvalue weighted by atomic mass is 10.1. The van der Waals surface area contributed by atoms with Crippen molar-refractivity contribution >= 4 is 11.4 Å². The topological polar surface area (TPSA) is 24.1 Å². The van der Waals surface area contributed by atoms with Gasteiger partial charge in [0.05, 0.1) is 0 Å². The van der Waals surface area contributed by atoms with Crippen molar-refractivity contribution in [3.05, 3.63) is 59.2 Å². The summed E-state index contributed by atoms with van der Waals surface area (Å²) in [5.74, 6) is 0. The molecular formula is C17H24N2. The van der Waals surface area contributed by atoms with E-state index in [9.17, 15) is 0 Å². The van der Waals surface area contributed by atoms with Gasteiger partial charge in [-0.15, -0.1) is 0 Å². The SMILES string of the molecule is CNc1ccc(C)cc1.CNc1ccc(C)cc1C. The zero-order valence-corrected chi connectivity index (χ0v) is 12.5. The van der Waals surface area contributed by atoms with Gasteiger partial charge in [0.2, 0.25) is 0 Å². The Morgan fingerprint density at radius 2 is 1.26 bits per heavy atom. The summed E-state index contributed by atoms with van der Waals surface area (Å²) in [6.45, 7) is 6.30. The molecule has 2 aromatic rings. The molecule has 2 heteroatoms. The van der Waals surface area contributed by atoms with Gasteiger partial charge >= 0.3 is 0 Å². The molecule has 0 radical (unpaired) electrons. The summed E-state index contributed by atoms with van der Waals surface area (Å²) in [6, 6.07) is 14.7. The Bertz CT molecular complexity index is 501. The Balaban J connectivity index is 0.000000191. The van der Waals surface area contributed by atoms with E-state index in [0.29, 0.717) is 0 Å². The molecule has 0 amide bonds. The van der Waals surface area contributed by atoms with Crippen LogP contribution in [0.3, 0.4) is 0 Å². The molecule has 2 rings (SSSR count). The van der Waals surface area contributed by atoms with Crippen LogP contribution in [-0.2, 0) is 0 Å². The van der Waals surface area contributed by atoms with E-state index in [-0.39, 0.29) is 0 Å². The Labute approximate surface area is 116 Å². The molecule has 0 unspecified atom stereocenters. The molecule has 2 N–H and O–H groups in total. The van der Waals surface area contributed by atoms with E-state index in [1.807, 2.05) is 14.1 Å². The predicted octanol–water partition coefficient (Wildman–Crippen LogP) is 4.38. The first-order valence-electron chi connectivity index (χ1n) is 6.56. The van der Waals surface area contributed by atoms with E-state index in [2.05, 4.69) is 73.9 Å². The van der Waals surface area contributed by atoms with Crippen LogP contribution in [0.2, 0.25) is 0 Å². The van der Waals surface area contributed by atoms with Crippen molar-refractivity contribution in [1.82, 2.24) is 0 Å². The summed E-state index contributed by atoms with van der Waals surface area (Å²) >= 11 is 0. The summed E-state index contributed by atoms with van der Waals surface area (Å²) in [5.41, 5.74) is 6.30. The zero-order chi connectivity index (χ0) is 14.3. The second kappa shape index (κ2) is 7.47. The summed E-state index contributed by atoms with van der Waals surface area (Å²) < 4.78 is 0. The monoisotopic (exact) mass is 256 g/mol. The van der Waals surface area contributed by atoms with Crippen LogP contribution in [0.1, 0.15) is 16.7 Å². The van der Waals surface area contributed by atoms with Gasteiger partial charge in [0.25, 0.3) is 0 Å². The van der Waals surface area contributed by atoms with Gasteiger partial charge in [-0.3, -0.25) is 0 Å². The van der Waals surface area contributed by atoms with Gasteiger partial charge in [-0.25, -0.2) is 0 Å². The van der Waals surface area contributed by atoms with Crippen molar-refractivity contribution in [3.8, 4) is 0 Å². The molecule has 0 fully saturated rings. The maximum absolute atomic E-state index is 3.12. The Morgan fingerprint density at radius 3 is 1.74 bits per heavy atom. The normalized spacial score (nSPS) is 9.32. The van der Waals surface area contributed by atoms with Crippen LogP contribution in [0.15, 0.2) is 42.5 Å². The fourth-order valence-corrected chi connectivity index (χ4v) is 1.81. The molecule has 0 aliphatic heterocycles. The second-order valence-electron chi connectivity index (χ2n) is 4.68. The third-order valence-corrected chi connectivity index (χ3v) is 2.99. The maximum Gasteiger partial charge on any atom is 0.0367 e. The third-order valence-electron chi connectivity index (χ3n) is 2.99. The van der Waals surface area contributed by atoms with Crippen LogP contribution in [-0.4, -0.2) is 14.1 Å². The number of hydrogen-bond acceptors (Lipinski definition) is 2. The summed E-state index contributed by atoms with van der Waals surface area (Å²) in [5, 5.41) is 6.18. The molecule has 0 heterocycles. The first-order chi connectivity index (χ1) is 9.06. The number of hydrogen-bond donors (Lipinski definition) is 2. The van der Waals surface area contributed by atoms with E-state index in [4.69, 9.17) is 0 Å². The Hall–Kier alpha value is -1.96. The highest BCUT2D eigenvalue weighted by Gasteiger charge is 1.92. The molecule has 0 spiro atoms. The molecule has 0 aromatic heterocycles. The van der Waals surface area contributed by atoms with E-state index in [0.717, 1.165) is 0 Å². The average molecular weight is 256 g/mol. The minimum atomic E-state index is 1.17. The average Bonchev–Trinajstić information content (AvgIpc) is 2.40. The minimum Gasteiger partial charge on any atom is -0.388 e. The van der Waals surface area contributed by atoms with Gasteiger partial charge in [0, 0.05) is 25.5 Å². The molecule has 0 aliphatic carbocycles. The molecule has 0 atom stereocenters. The van der Waals surface area contributed by atoms with Crippen molar-refractivity contribution in [2.45, 2.75) is 20.8 Å². The highest BCUT2D eigenvalue weighted by atomic mass is 14.8. The van der Waals surface area contributed by atoms with Crippen molar-refractivity contribution in [3.63, 3.8) is 0 Å². The molecule has 0 aliphatic rings. The largest absolute Gasteiger partial charge is 0.388 e. The lowest BCUT2D eigenvalue weighted by Gasteiger charge is -2.04.